The fraction of sp³-hybridized carbons (Fsp3) is 0.277. The molecule has 0 fully saturated rings. The number of aryl methyl sites for hydroxylation is 1. The van der Waals surface area contributed by atoms with Crippen LogP contribution in [0.3, 0.4) is 0 Å². The van der Waals surface area contributed by atoms with Gasteiger partial charge in [-0.3, -0.25) is 4.57 Å². The predicted molar refractivity (Wildman–Crippen MR) is 297 cm³/mol. The van der Waals surface area contributed by atoms with Crippen molar-refractivity contribution in [1.29, 1.82) is 0 Å². The number of hydrogen-bond donors (Lipinski definition) is 0. The minimum absolute atomic E-state index is 0.0169. The monoisotopic (exact) mass is 924 g/mol. The van der Waals surface area contributed by atoms with E-state index >= 15 is 0 Å². The van der Waals surface area contributed by atoms with Gasteiger partial charge >= 0.3 is 0 Å². The maximum absolute atomic E-state index is 8.86. The smallest absolute Gasteiger partial charge is 0.137 e. The Balaban J connectivity index is 0.948. The fourth-order valence-electron chi connectivity index (χ4n) is 10.1. The molecule has 5 heteroatoms. The topological polar surface area (TPSA) is 33.5 Å². The van der Waals surface area contributed by atoms with Gasteiger partial charge in [-0.2, -0.15) is 0 Å². The lowest BCUT2D eigenvalue weighted by Gasteiger charge is -2.26. The zero-order chi connectivity index (χ0) is 51.5. The van der Waals surface area contributed by atoms with Crippen molar-refractivity contribution in [2.75, 3.05) is 23.0 Å². The van der Waals surface area contributed by atoms with Crippen molar-refractivity contribution in [1.82, 2.24) is 9.55 Å². The molecular formula is C65H68N4O. The second-order valence-electron chi connectivity index (χ2n) is 22.3. The lowest BCUT2D eigenvalue weighted by Crippen LogP contribution is -2.29. The van der Waals surface area contributed by atoms with Crippen LogP contribution in [0.25, 0.3) is 49.9 Å². The lowest BCUT2D eigenvalue weighted by molar-refractivity contribution is 0.306. The molecule has 9 aromatic rings. The van der Waals surface area contributed by atoms with Crippen LogP contribution in [0.15, 0.2) is 170 Å². The zero-order valence-electron chi connectivity index (χ0n) is 45.4. The normalized spacial score (nSPS) is 13.9. The molecule has 5 nitrogen and oxygen atoms in total. The van der Waals surface area contributed by atoms with E-state index < -0.39 is 6.85 Å². The summed E-state index contributed by atoms with van der Waals surface area (Å²) in [6, 6.07) is 58.2. The second-order valence-corrected chi connectivity index (χ2v) is 22.3. The van der Waals surface area contributed by atoms with Gasteiger partial charge < -0.3 is 14.5 Å². The molecule has 10 rings (SSSR count). The lowest BCUT2D eigenvalue weighted by atomic mass is 9.80. The molecule has 0 unspecified atom stereocenters. The molecule has 0 aliphatic carbocycles. The first-order valence-electron chi connectivity index (χ1n) is 26.4. The molecule has 0 saturated carbocycles. The van der Waals surface area contributed by atoms with Gasteiger partial charge in [-0.05, 0) is 146 Å². The van der Waals surface area contributed by atoms with Crippen LogP contribution in [0.4, 0.5) is 17.1 Å². The molecule has 0 spiro atoms. The molecule has 0 amide bonds. The maximum atomic E-state index is 8.86. The Kier molecular flexibility index (Phi) is 11.2. The Morgan fingerprint density at radius 2 is 1.30 bits per heavy atom. The van der Waals surface area contributed by atoms with E-state index in [1.165, 1.54) is 22.1 Å². The molecule has 0 atom stereocenters. The number of nitrogens with zero attached hydrogens (tertiary/aromatic N) is 4. The van der Waals surface area contributed by atoms with Gasteiger partial charge in [0.05, 0.1) is 29.1 Å². The summed E-state index contributed by atoms with van der Waals surface area (Å²) in [6.07, 6.45) is 3.30. The third-order valence-electron chi connectivity index (χ3n) is 14.2. The van der Waals surface area contributed by atoms with Crippen molar-refractivity contribution in [3.05, 3.63) is 203 Å². The quantitative estimate of drug-likeness (QED) is 0.129. The van der Waals surface area contributed by atoms with Crippen molar-refractivity contribution in [3.63, 3.8) is 0 Å². The molecule has 354 valence electrons. The number of aromatic nitrogens is 2. The number of ether oxygens (including phenoxy) is 1. The highest BCUT2D eigenvalue weighted by Crippen LogP contribution is 2.44. The number of anilines is 3. The SMILES string of the molecule is [2H]C([2H])([2H])c1cc(C(C)(C)C)cc(-c2cccc(C(C)(C)C)c2)c1CCCN1CN(c2cccc(COc3ccc4c5ccccc5n(-c5cc(C(C)(C)C)ccn5)c4c3)c2)c2ccc(-c3ccccc3)cc21. The highest BCUT2D eigenvalue weighted by Gasteiger charge is 2.28. The van der Waals surface area contributed by atoms with Gasteiger partial charge in [-0.1, -0.05) is 165 Å². The Bertz CT molecular complexity index is 3480. The van der Waals surface area contributed by atoms with E-state index in [0.29, 0.717) is 25.3 Å². The third-order valence-corrected chi connectivity index (χ3v) is 14.2. The Labute approximate surface area is 420 Å². The summed E-state index contributed by atoms with van der Waals surface area (Å²) in [7, 11) is 0. The third kappa shape index (κ3) is 9.34. The Morgan fingerprint density at radius 1 is 0.571 bits per heavy atom. The predicted octanol–water partition coefficient (Wildman–Crippen LogP) is 16.8. The fourth-order valence-corrected chi connectivity index (χ4v) is 10.1. The molecule has 0 saturated heterocycles. The number of benzene rings is 7. The van der Waals surface area contributed by atoms with E-state index in [1.54, 1.807) is 0 Å². The van der Waals surface area contributed by atoms with Crippen molar-refractivity contribution in [2.24, 2.45) is 0 Å². The van der Waals surface area contributed by atoms with Crippen LogP contribution >= 0.6 is 0 Å². The number of pyridine rings is 1. The van der Waals surface area contributed by atoms with E-state index in [1.807, 2.05) is 12.3 Å². The standard InChI is InChI=1S/C65H68N4O/c1-44-35-51(65(8,9)10)39-57(48-22-17-23-49(37-48)63(2,3)4)54(44)26-18-34-67-43-68(59-31-28-47(38-61(59)67)46-20-12-11-13-21-46)52-24-16-19-45(36-52)42-70-53-29-30-56-55-25-14-15-27-58(55)69(60(56)41-53)62-40-50(32-33-66-62)64(5,6)7/h11-17,19-25,27-33,35-41H,18,26,34,42-43H2,1-10H3/i1D3. The average molecular weight is 924 g/mol. The number of rotatable bonds is 11. The van der Waals surface area contributed by atoms with E-state index in [2.05, 4.69) is 234 Å². The maximum Gasteiger partial charge on any atom is 0.137 e. The second kappa shape index (κ2) is 18.3. The largest absolute Gasteiger partial charge is 0.489 e. The minimum atomic E-state index is -2.27. The molecule has 70 heavy (non-hydrogen) atoms. The molecule has 0 bridgehead atoms. The van der Waals surface area contributed by atoms with Gasteiger partial charge in [0.25, 0.3) is 0 Å². The summed E-state index contributed by atoms with van der Waals surface area (Å²) in [4.78, 5) is 9.73. The first kappa shape index (κ1) is 43.0. The number of para-hydroxylation sites is 1. The van der Waals surface area contributed by atoms with Gasteiger partial charge in [0.2, 0.25) is 0 Å². The van der Waals surface area contributed by atoms with E-state index in [-0.39, 0.29) is 16.2 Å². The van der Waals surface area contributed by atoms with Crippen molar-refractivity contribution in [3.8, 4) is 33.8 Å². The first-order valence-corrected chi connectivity index (χ1v) is 24.9. The Morgan fingerprint density at radius 3 is 2.09 bits per heavy atom. The van der Waals surface area contributed by atoms with Crippen molar-refractivity contribution in [2.45, 2.75) is 105 Å². The van der Waals surface area contributed by atoms with Crippen LogP contribution in [0, 0.1) is 6.85 Å². The Hall–Kier alpha value is -7.11. The van der Waals surface area contributed by atoms with Crippen LogP contribution in [0.5, 0.6) is 5.75 Å². The molecule has 3 heterocycles. The van der Waals surface area contributed by atoms with Gasteiger partial charge in [-0.15, -0.1) is 0 Å². The number of fused-ring (bicyclic) bond motifs is 4. The van der Waals surface area contributed by atoms with Gasteiger partial charge in [0.1, 0.15) is 18.2 Å². The summed E-state index contributed by atoms with van der Waals surface area (Å²) in [5.74, 6) is 1.68. The molecule has 7 aromatic carbocycles. The summed E-state index contributed by atoms with van der Waals surface area (Å²) < 4.78 is 35.5. The van der Waals surface area contributed by atoms with E-state index in [0.717, 1.165) is 91.4 Å². The van der Waals surface area contributed by atoms with Crippen molar-refractivity contribution >= 4 is 38.9 Å². The van der Waals surface area contributed by atoms with E-state index in [4.69, 9.17) is 13.8 Å². The van der Waals surface area contributed by atoms with E-state index in [9.17, 15) is 0 Å². The number of hydrogen-bond acceptors (Lipinski definition) is 4. The highest BCUT2D eigenvalue weighted by atomic mass is 16.5. The summed E-state index contributed by atoms with van der Waals surface area (Å²) >= 11 is 0. The van der Waals surface area contributed by atoms with Gasteiger partial charge in [0.15, 0.2) is 0 Å². The molecule has 0 radical (unpaired) electrons. The highest BCUT2D eigenvalue weighted by molar-refractivity contribution is 6.09. The van der Waals surface area contributed by atoms with Crippen LogP contribution in [-0.2, 0) is 29.3 Å². The minimum Gasteiger partial charge on any atom is -0.489 e. The molecular weight excluding hydrogens is 853 g/mol. The first-order chi connectivity index (χ1) is 34.7. The average Bonchev–Trinajstić information content (AvgIpc) is 3.90. The van der Waals surface area contributed by atoms with Crippen LogP contribution < -0.4 is 14.5 Å². The summed E-state index contributed by atoms with van der Waals surface area (Å²) in [5, 5.41) is 2.33. The van der Waals surface area contributed by atoms with Crippen molar-refractivity contribution < 1.29 is 8.85 Å². The molecule has 1 aliphatic rings. The van der Waals surface area contributed by atoms with Crippen LogP contribution in [0.2, 0.25) is 0 Å². The van der Waals surface area contributed by atoms with Gasteiger partial charge in [-0.25, -0.2) is 4.98 Å². The molecule has 0 N–H and O–H groups in total. The zero-order valence-corrected chi connectivity index (χ0v) is 42.4. The molecule has 2 aromatic heterocycles. The summed E-state index contributed by atoms with van der Waals surface area (Å²) in [6.45, 7) is 19.4. The van der Waals surface area contributed by atoms with Crippen LogP contribution in [0.1, 0.15) is 106 Å². The van der Waals surface area contributed by atoms with Crippen LogP contribution in [-0.4, -0.2) is 22.8 Å². The van der Waals surface area contributed by atoms with Gasteiger partial charge in [0, 0.05) is 39.4 Å². The summed E-state index contributed by atoms with van der Waals surface area (Å²) in [5.41, 5.74) is 15.6. The molecule has 1 aliphatic heterocycles.